The van der Waals surface area contributed by atoms with Crippen LogP contribution in [-0.2, 0) is 21.7 Å². The van der Waals surface area contributed by atoms with E-state index in [2.05, 4.69) is 177 Å². The summed E-state index contributed by atoms with van der Waals surface area (Å²) < 4.78 is 0. The fourth-order valence-corrected chi connectivity index (χ4v) is 8.21. The third-order valence-electron chi connectivity index (χ3n) is 10.8. The zero-order chi connectivity index (χ0) is 32.8. The summed E-state index contributed by atoms with van der Waals surface area (Å²) in [6.07, 6.45) is 8.18. The van der Waals surface area contributed by atoms with Crippen LogP contribution in [0.1, 0.15) is 109 Å². The van der Waals surface area contributed by atoms with Crippen LogP contribution in [0.2, 0.25) is 0 Å². The Morgan fingerprint density at radius 1 is 0.609 bits per heavy atom. The molecule has 0 heterocycles. The van der Waals surface area contributed by atoms with E-state index in [1.807, 2.05) is 0 Å². The molecule has 3 aliphatic carbocycles. The van der Waals surface area contributed by atoms with Gasteiger partial charge in [-0.2, -0.15) is 0 Å². The lowest BCUT2D eigenvalue weighted by molar-refractivity contribution is 0.542. The average molecular weight is 604 g/mol. The van der Waals surface area contributed by atoms with Gasteiger partial charge >= 0.3 is 0 Å². The summed E-state index contributed by atoms with van der Waals surface area (Å²) in [5, 5.41) is 0. The molecule has 0 saturated carbocycles. The number of fused-ring (bicyclic) bond motifs is 5. The van der Waals surface area contributed by atoms with Gasteiger partial charge in [0.15, 0.2) is 0 Å². The molecule has 234 valence electrons. The minimum Gasteiger partial charge on any atom is -0.310 e. The number of anilines is 2. The molecule has 7 rings (SSSR count). The molecule has 0 amide bonds. The number of para-hydroxylation sites is 1. The molecule has 46 heavy (non-hydrogen) atoms. The van der Waals surface area contributed by atoms with E-state index in [4.69, 9.17) is 0 Å². The van der Waals surface area contributed by atoms with Gasteiger partial charge in [0.2, 0.25) is 0 Å². The first-order chi connectivity index (χ1) is 21.6. The lowest BCUT2D eigenvalue weighted by Crippen LogP contribution is -2.26. The fourth-order valence-electron chi connectivity index (χ4n) is 8.21. The maximum Gasteiger partial charge on any atom is 0.0465 e. The molecular formula is C45H49N. The van der Waals surface area contributed by atoms with Crippen LogP contribution in [0.25, 0.3) is 16.7 Å². The molecule has 4 aromatic rings. The maximum atomic E-state index is 2.51. The summed E-state index contributed by atoms with van der Waals surface area (Å²) in [6.45, 7) is 23.8. The molecule has 1 heteroatoms. The van der Waals surface area contributed by atoms with E-state index in [-0.39, 0.29) is 21.7 Å². The minimum absolute atomic E-state index is 0.0422. The summed E-state index contributed by atoms with van der Waals surface area (Å²) in [5.74, 6) is 0. The van der Waals surface area contributed by atoms with Gasteiger partial charge in [-0.25, -0.2) is 0 Å². The highest BCUT2D eigenvalue weighted by molar-refractivity contribution is 5.88. The van der Waals surface area contributed by atoms with Gasteiger partial charge in [0, 0.05) is 27.9 Å². The fraction of sp³-hybridized carbons (Fsp3) is 0.333. The Balaban J connectivity index is 1.42. The SMILES string of the molecule is CC(C)(C)c1cc2c(c(C(C)(C)C)c1)C(C)(C)C1=C2CC=CC(N(c2ccccc2)c2ccc3c(c2)C(C)(C)c2ccccc2-3)=C1. The second-order valence-corrected chi connectivity index (χ2v) is 16.7. The van der Waals surface area contributed by atoms with Gasteiger partial charge in [-0.3, -0.25) is 0 Å². The quantitative estimate of drug-likeness (QED) is 0.225. The number of hydrogen-bond donors (Lipinski definition) is 0. The third-order valence-corrected chi connectivity index (χ3v) is 10.8. The van der Waals surface area contributed by atoms with Crippen molar-refractivity contribution in [1.29, 1.82) is 0 Å². The van der Waals surface area contributed by atoms with Gasteiger partial charge in [0.1, 0.15) is 0 Å². The second kappa shape index (κ2) is 10.2. The van der Waals surface area contributed by atoms with Crippen molar-refractivity contribution in [3.63, 3.8) is 0 Å². The Labute approximate surface area is 277 Å². The standard InChI is InChI=1S/C45H49N/c1-42(2,3)29-25-36-34-21-16-19-31(27-39(34)45(9,10)41(36)40(26-29)43(4,5)6)46(30-17-12-11-13-18-30)32-23-24-35-33-20-14-15-22-37(33)44(7,8)38(35)28-32/h11-20,22-28H,21H2,1-10H3. The Kier molecular flexibility index (Phi) is 6.77. The first kappa shape index (κ1) is 30.5. The molecule has 0 bridgehead atoms. The van der Waals surface area contributed by atoms with E-state index >= 15 is 0 Å². The molecule has 0 N–H and O–H groups in total. The lowest BCUT2D eigenvalue weighted by Gasteiger charge is -2.34. The number of hydrogen-bond acceptors (Lipinski definition) is 1. The predicted molar refractivity (Wildman–Crippen MR) is 198 cm³/mol. The summed E-state index contributed by atoms with van der Waals surface area (Å²) >= 11 is 0. The number of benzene rings is 4. The summed E-state index contributed by atoms with van der Waals surface area (Å²) in [6, 6.07) is 31.9. The summed E-state index contributed by atoms with van der Waals surface area (Å²) in [4.78, 5) is 2.47. The molecule has 3 aliphatic rings. The Morgan fingerprint density at radius 3 is 1.98 bits per heavy atom. The number of allylic oxidation sites excluding steroid dienone is 5. The monoisotopic (exact) mass is 603 g/mol. The molecule has 0 fully saturated rings. The molecule has 0 aliphatic heterocycles. The maximum absolute atomic E-state index is 2.51. The van der Waals surface area contributed by atoms with Crippen molar-refractivity contribution in [3.8, 4) is 11.1 Å². The van der Waals surface area contributed by atoms with Crippen molar-refractivity contribution in [2.45, 2.75) is 97.3 Å². The average Bonchev–Trinajstić information content (AvgIpc) is 3.21. The molecule has 0 saturated heterocycles. The van der Waals surface area contributed by atoms with Crippen molar-refractivity contribution >= 4 is 16.9 Å². The summed E-state index contributed by atoms with van der Waals surface area (Å²) in [5.41, 5.74) is 17.8. The van der Waals surface area contributed by atoms with Crippen LogP contribution >= 0.6 is 0 Å². The van der Waals surface area contributed by atoms with E-state index in [0.29, 0.717) is 0 Å². The van der Waals surface area contributed by atoms with Crippen LogP contribution in [0.4, 0.5) is 11.4 Å². The molecule has 0 aromatic heterocycles. The molecule has 1 nitrogen and oxygen atoms in total. The van der Waals surface area contributed by atoms with Crippen molar-refractivity contribution in [2.75, 3.05) is 4.90 Å². The zero-order valence-electron chi connectivity index (χ0n) is 29.5. The van der Waals surface area contributed by atoms with E-state index in [1.165, 1.54) is 72.7 Å². The van der Waals surface area contributed by atoms with E-state index in [1.54, 1.807) is 0 Å². The Bertz CT molecular complexity index is 1960. The van der Waals surface area contributed by atoms with Gasteiger partial charge in [-0.05, 0) is 109 Å². The molecule has 4 aromatic carbocycles. The summed E-state index contributed by atoms with van der Waals surface area (Å²) in [7, 11) is 0. The number of nitrogens with zero attached hydrogens (tertiary/aromatic N) is 1. The highest BCUT2D eigenvalue weighted by Gasteiger charge is 2.42. The molecular weight excluding hydrogens is 555 g/mol. The molecule has 0 atom stereocenters. The Morgan fingerprint density at radius 2 is 1.28 bits per heavy atom. The molecule has 0 unspecified atom stereocenters. The van der Waals surface area contributed by atoms with Crippen molar-refractivity contribution in [2.24, 2.45) is 0 Å². The van der Waals surface area contributed by atoms with Crippen molar-refractivity contribution in [1.82, 2.24) is 0 Å². The van der Waals surface area contributed by atoms with Gasteiger partial charge in [-0.15, -0.1) is 0 Å². The number of rotatable bonds is 3. The van der Waals surface area contributed by atoms with Gasteiger partial charge in [-0.1, -0.05) is 136 Å². The van der Waals surface area contributed by atoms with Crippen molar-refractivity contribution in [3.05, 3.63) is 148 Å². The van der Waals surface area contributed by atoms with Crippen LogP contribution in [0.3, 0.4) is 0 Å². The minimum atomic E-state index is -0.120. The smallest absolute Gasteiger partial charge is 0.0465 e. The largest absolute Gasteiger partial charge is 0.310 e. The van der Waals surface area contributed by atoms with Crippen molar-refractivity contribution < 1.29 is 0 Å². The second-order valence-electron chi connectivity index (χ2n) is 16.7. The third kappa shape index (κ3) is 4.65. The predicted octanol–water partition coefficient (Wildman–Crippen LogP) is 12.3. The topological polar surface area (TPSA) is 3.24 Å². The lowest BCUT2D eigenvalue weighted by atomic mass is 9.70. The highest BCUT2D eigenvalue weighted by atomic mass is 15.1. The molecule has 0 radical (unpaired) electrons. The first-order valence-electron chi connectivity index (χ1n) is 17.0. The van der Waals surface area contributed by atoms with Crippen LogP contribution in [0.5, 0.6) is 0 Å². The zero-order valence-corrected chi connectivity index (χ0v) is 29.5. The van der Waals surface area contributed by atoms with Gasteiger partial charge < -0.3 is 4.90 Å². The normalized spacial score (nSPS) is 17.6. The van der Waals surface area contributed by atoms with Crippen LogP contribution in [-0.4, -0.2) is 0 Å². The van der Waals surface area contributed by atoms with E-state index in [9.17, 15) is 0 Å². The van der Waals surface area contributed by atoms with Gasteiger partial charge in [0.05, 0.1) is 0 Å². The van der Waals surface area contributed by atoms with Crippen LogP contribution in [0.15, 0.2) is 114 Å². The van der Waals surface area contributed by atoms with E-state index < -0.39 is 0 Å². The van der Waals surface area contributed by atoms with Crippen LogP contribution < -0.4 is 4.90 Å². The Hall–Kier alpha value is -4.10. The van der Waals surface area contributed by atoms with Crippen LogP contribution in [0, 0.1) is 0 Å². The first-order valence-corrected chi connectivity index (χ1v) is 17.0. The van der Waals surface area contributed by atoms with Gasteiger partial charge in [0.25, 0.3) is 0 Å². The molecule has 0 spiro atoms. The van der Waals surface area contributed by atoms with E-state index in [0.717, 1.165) is 6.42 Å². The highest BCUT2D eigenvalue weighted by Crippen LogP contribution is 2.55.